The number of amides is 1. The number of halogens is 1. The number of imidazole rings is 1. The molecule has 0 atom stereocenters. The molecule has 0 aliphatic rings. The van der Waals surface area contributed by atoms with Gasteiger partial charge in [0.15, 0.2) is 11.5 Å². The summed E-state index contributed by atoms with van der Waals surface area (Å²) in [7, 11) is 1.87. The van der Waals surface area contributed by atoms with Crippen LogP contribution in [0, 0.1) is 5.82 Å². The van der Waals surface area contributed by atoms with Gasteiger partial charge in [0.05, 0.1) is 11.9 Å². The summed E-state index contributed by atoms with van der Waals surface area (Å²) in [6.07, 6.45) is 1.75. The molecule has 0 unspecified atom stereocenters. The first-order chi connectivity index (χ1) is 13.5. The second kappa shape index (κ2) is 7.11. The van der Waals surface area contributed by atoms with Crippen LogP contribution in [-0.4, -0.2) is 27.6 Å². The van der Waals surface area contributed by atoms with E-state index >= 15 is 0 Å². The van der Waals surface area contributed by atoms with Gasteiger partial charge in [0.2, 0.25) is 5.91 Å². The third kappa shape index (κ3) is 3.42. The van der Waals surface area contributed by atoms with Crippen molar-refractivity contribution in [2.75, 3.05) is 17.3 Å². The van der Waals surface area contributed by atoms with Crippen LogP contribution in [0.1, 0.15) is 6.92 Å². The predicted molar refractivity (Wildman–Crippen MR) is 107 cm³/mol. The van der Waals surface area contributed by atoms with Gasteiger partial charge in [-0.1, -0.05) is 12.1 Å². The molecule has 2 aromatic carbocycles. The number of nitrogens with one attached hydrogen (secondary N) is 1. The van der Waals surface area contributed by atoms with Crippen molar-refractivity contribution in [1.82, 2.24) is 14.6 Å². The first kappa shape index (κ1) is 17.7. The number of carbonyl (C=O) groups is 1. The third-order valence-corrected chi connectivity index (χ3v) is 4.38. The van der Waals surface area contributed by atoms with E-state index in [9.17, 15) is 9.18 Å². The number of aromatic nitrogens is 3. The average Bonchev–Trinajstić information content (AvgIpc) is 3.11. The SMILES string of the molecule is CC(=O)Nc1cccc(-c2cnc3ccc(N(C)c4ccc(F)cc4)nn23)c1. The third-order valence-electron chi connectivity index (χ3n) is 4.38. The summed E-state index contributed by atoms with van der Waals surface area (Å²) < 4.78 is 15.0. The number of benzene rings is 2. The number of hydrogen-bond donors (Lipinski definition) is 1. The van der Waals surface area contributed by atoms with Crippen molar-refractivity contribution >= 4 is 28.7 Å². The lowest BCUT2D eigenvalue weighted by molar-refractivity contribution is -0.114. The second-order valence-corrected chi connectivity index (χ2v) is 6.40. The van der Waals surface area contributed by atoms with Crippen LogP contribution >= 0.6 is 0 Å². The lowest BCUT2D eigenvalue weighted by Gasteiger charge is -2.18. The number of hydrogen-bond acceptors (Lipinski definition) is 4. The van der Waals surface area contributed by atoms with Gasteiger partial charge in [-0.3, -0.25) is 4.79 Å². The molecule has 2 heterocycles. The van der Waals surface area contributed by atoms with Gasteiger partial charge in [0.1, 0.15) is 5.82 Å². The van der Waals surface area contributed by atoms with E-state index in [0.29, 0.717) is 17.2 Å². The number of anilines is 3. The fourth-order valence-corrected chi connectivity index (χ4v) is 3.00. The zero-order chi connectivity index (χ0) is 19.7. The molecule has 0 fully saturated rings. The maximum Gasteiger partial charge on any atom is 0.221 e. The standard InChI is InChI=1S/C21H18FN5O/c1-14(28)24-17-5-3-4-15(12-17)19-13-23-20-10-11-21(25-27(19)20)26(2)18-8-6-16(22)7-9-18/h3-13H,1-2H3,(H,24,28). The molecule has 4 aromatic rings. The van der Waals surface area contributed by atoms with Gasteiger partial charge in [0.25, 0.3) is 0 Å². The molecule has 0 saturated carbocycles. The first-order valence-electron chi connectivity index (χ1n) is 8.73. The van der Waals surface area contributed by atoms with Gasteiger partial charge in [-0.05, 0) is 48.5 Å². The van der Waals surface area contributed by atoms with E-state index in [0.717, 1.165) is 16.9 Å². The van der Waals surface area contributed by atoms with Crippen LogP contribution < -0.4 is 10.2 Å². The molecular weight excluding hydrogens is 357 g/mol. The number of nitrogens with zero attached hydrogens (tertiary/aromatic N) is 4. The van der Waals surface area contributed by atoms with Gasteiger partial charge in [0, 0.05) is 30.9 Å². The molecule has 28 heavy (non-hydrogen) atoms. The quantitative estimate of drug-likeness (QED) is 0.579. The minimum absolute atomic E-state index is 0.128. The van der Waals surface area contributed by atoms with Crippen molar-refractivity contribution < 1.29 is 9.18 Å². The lowest BCUT2D eigenvalue weighted by atomic mass is 10.1. The van der Waals surface area contributed by atoms with Crippen LogP contribution in [0.25, 0.3) is 16.9 Å². The first-order valence-corrected chi connectivity index (χ1v) is 8.73. The maximum absolute atomic E-state index is 13.2. The molecule has 0 aliphatic carbocycles. The zero-order valence-corrected chi connectivity index (χ0v) is 15.4. The van der Waals surface area contributed by atoms with Crippen molar-refractivity contribution in [3.8, 4) is 11.3 Å². The smallest absolute Gasteiger partial charge is 0.221 e. The highest BCUT2D eigenvalue weighted by molar-refractivity contribution is 5.89. The molecule has 1 N–H and O–H groups in total. The van der Waals surface area contributed by atoms with Crippen molar-refractivity contribution in [2.45, 2.75) is 6.92 Å². The van der Waals surface area contributed by atoms with E-state index in [1.54, 1.807) is 22.8 Å². The predicted octanol–water partition coefficient (Wildman–Crippen LogP) is 4.26. The fourth-order valence-electron chi connectivity index (χ4n) is 3.00. The van der Waals surface area contributed by atoms with Crippen LogP contribution in [-0.2, 0) is 4.79 Å². The molecule has 0 bridgehead atoms. The van der Waals surface area contributed by atoms with Crippen molar-refractivity contribution in [3.63, 3.8) is 0 Å². The fraction of sp³-hybridized carbons (Fsp3) is 0.0952. The Morgan fingerprint density at radius 2 is 1.89 bits per heavy atom. The number of rotatable bonds is 4. The van der Waals surface area contributed by atoms with Crippen LogP contribution in [0.15, 0.2) is 66.9 Å². The van der Waals surface area contributed by atoms with E-state index in [2.05, 4.69) is 10.3 Å². The van der Waals surface area contributed by atoms with E-state index in [4.69, 9.17) is 5.10 Å². The van der Waals surface area contributed by atoms with E-state index < -0.39 is 0 Å². The highest BCUT2D eigenvalue weighted by Gasteiger charge is 2.12. The summed E-state index contributed by atoms with van der Waals surface area (Å²) in [5.41, 5.74) is 3.92. The van der Waals surface area contributed by atoms with Gasteiger partial charge < -0.3 is 10.2 Å². The van der Waals surface area contributed by atoms with Gasteiger partial charge >= 0.3 is 0 Å². The minimum atomic E-state index is -0.281. The molecule has 6 nitrogen and oxygen atoms in total. The highest BCUT2D eigenvalue weighted by atomic mass is 19.1. The van der Waals surface area contributed by atoms with Crippen LogP contribution in [0.3, 0.4) is 0 Å². The highest BCUT2D eigenvalue weighted by Crippen LogP contribution is 2.26. The van der Waals surface area contributed by atoms with E-state index in [-0.39, 0.29) is 11.7 Å². The van der Waals surface area contributed by atoms with Crippen LogP contribution in [0.5, 0.6) is 0 Å². The van der Waals surface area contributed by atoms with E-state index in [1.807, 2.05) is 48.3 Å². The molecule has 7 heteroatoms. The average molecular weight is 375 g/mol. The Kier molecular flexibility index (Phi) is 4.49. The van der Waals surface area contributed by atoms with Crippen LogP contribution in [0.2, 0.25) is 0 Å². The second-order valence-electron chi connectivity index (χ2n) is 6.40. The lowest BCUT2D eigenvalue weighted by Crippen LogP contribution is -2.13. The van der Waals surface area contributed by atoms with Gasteiger partial charge in [-0.2, -0.15) is 0 Å². The summed E-state index contributed by atoms with van der Waals surface area (Å²) in [6.45, 7) is 1.47. The largest absolute Gasteiger partial charge is 0.328 e. The molecule has 0 radical (unpaired) electrons. The Labute approximate surface area is 161 Å². The molecule has 0 saturated heterocycles. The zero-order valence-electron chi connectivity index (χ0n) is 15.4. The minimum Gasteiger partial charge on any atom is -0.328 e. The van der Waals surface area contributed by atoms with Gasteiger partial charge in [-0.15, -0.1) is 5.10 Å². The summed E-state index contributed by atoms with van der Waals surface area (Å²) >= 11 is 0. The summed E-state index contributed by atoms with van der Waals surface area (Å²) in [5.74, 6) is 0.282. The molecule has 4 rings (SSSR count). The Morgan fingerprint density at radius 3 is 2.64 bits per heavy atom. The van der Waals surface area contributed by atoms with Crippen molar-refractivity contribution in [2.24, 2.45) is 0 Å². The van der Waals surface area contributed by atoms with E-state index in [1.165, 1.54) is 19.1 Å². The molecule has 0 aliphatic heterocycles. The summed E-state index contributed by atoms with van der Waals surface area (Å²) in [6, 6.07) is 17.5. The summed E-state index contributed by atoms with van der Waals surface area (Å²) in [5, 5.41) is 7.48. The maximum atomic E-state index is 13.2. The Bertz CT molecular complexity index is 1150. The Balaban J connectivity index is 1.74. The number of fused-ring (bicyclic) bond motifs is 1. The van der Waals surface area contributed by atoms with Crippen molar-refractivity contribution in [1.29, 1.82) is 0 Å². The topological polar surface area (TPSA) is 62.5 Å². The van der Waals surface area contributed by atoms with Crippen LogP contribution in [0.4, 0.5) is 21.6 Å². The normalized spacial score (nSPS) is 10.8. The molecule has 140 valence electrons. The Morgan fingerprint density at radius 1 is 1.11 bits per heavy atom. The molecule has 0 spiro atoms. The van der Waals surface area contributed by atoms with Gasteiger partial charge in [-0.25, -0.2) is 13.9 Å². The monoisotopic (exact) mass is 375 g/mol. The summed E-state index contributed by atoms with van der Waals surface area (Å²) in [4.78, 5) is 17.6. The van der Waals surface area contributed by atoms with Crippen molar-refractivity contribution in [3.05, 3.63) is 72.7 Å². The molecule has 2 aromatic heterocycles. The molecular formula is C21H18FN5O. The Hall–Kier alpha value is -3.74. The number of carbonyl (C=O) groups excluding carboxylic acids is 1. The molecule has 1 amide bonds.